The average molecular weight is 296 g/mol. The molecule has 2 unspecified atom stereocenters. The number of nitrogen functional groups attached to an aromatic ring is 1. The van der Waals surface area contributed by atoms with E-state index < -0.39 is 15.1 Å². The first kappa shape index (κ1) is 14.8. The van der Waals surface area contributed by atoms with Crippen LogP contribution in [-0.2, 0) is 14.6 Å². The van der Waals surface area contributed by atoms with E-state index in [0.29, 0.717) is 18.5 Å². The van der Waals surface area contributed by atoms with Gasteiger partial charge in [0.25, 0.3) is 0 Å². The van der Waals surface area contributed by atoms with E-state index in [9.17, 15) is 13.2 Å². The van der Waals surface area contributed by atoms with Crippen LogP contribution in [-0.4, -0.2) is 31.9 Å². The van der Waals surface area contributed by atoms with Gasteiger partial charge in [-0.15, -0.1) is 0 Å². The molecule has 1 heterocycles. The summed E-state index contributed by atoms with van der Waals surface area (Å²) in [6.45, 7) is 1.99. The Morgan fingerprint density at radius 3 is 2.85 bits per heavy atom. The zero-order valence-corrected chi connectivity index (χ0v) is 12.3. The maximum Gasteiger partial charge on any atom is 0.227 e. The van der Waals surface area contributed by atoms with Crippen LogP contribution >= 0.6 is 0 Å². The fourth-order valence-corrected chi connectivity index (χ4v) is 4.20. The van der Waals surface area contributed by atoms with E-state index in [4.69, 9.17) is 5.73 Å². The molecule has 5 nitrogen and oxygen atoms in total. The first-order valence-corrected chi connectivity index (χ1v) is 8.46. The molecule has 0 spiro atoms. The molecule has 0 aliphatic carbocycles. The normalized spacial score (nSPS) is 22.4. The summed E-state index contributed by atoms with van der Waals surface area (Å²) in [5.74, 6) is -0.279. The van der Waals surface area contributed by atoms with Gasteiger partial charge < -0.3 is 11.1 Å². The van der Waals surface area contributed by atoms with Gasteiger partial charge in [0.1, 0.15) is 0 Å². The fraction of sp³-hybridized carbons (Fsp3) is 0.500. The summed E-state index contributed by atoms with van der Waals surface area (Å²) in [5.41, 5.74) is 7.14. The molecular formula is C14H20N2O3S. The molecule has 110 valence electrons. The Morgan fingerprint density at radius 1 is 1.50 bits per heavy atom. The van der Waals surface area contributed by atoms with Gasteiger partial charge in [0.2, 0.25) is 5.91 Å². The molecule has 20 heavy (non-hydrogen) atoms. The zero-order valence-electron chi connectivity index (χ0n) is 11.5. The van der Waals surface area contributed by atoms with Crippen molar-refractivity contribution in [1.82, 2.24) is 5.32 Å². The number of benzene rings is 1. The van der Waals surface area contributed by atoms with Crippen LogP contribution in [0.15, 0.2) is 24.3 Å². The van der Waals surface area contributed by atoms with Gasteiger partial charge in [-0.2, -0.15) is 0 Å². The highest BCUT2D eigenvalue weighted by molar-refractivity contribution is 7.92. The third-order valence-corrected chi connectivity index (χ3v) is 6.05. The molecule has 3 N–H and O–H groups in total. The zero-order chi connectivity index (χ0) is 14.8. The van der Waals surface area contributed by atoms with Crippen LogP contribution in [0.2, 0.25) is 0 Å². The van der Waals surface area contributed by atoms with Crippen molar-refractivity contribution in [3.05, 3.63) is 29.8 Å². The maximum atomic E-state index is 12.1. The summed E-state index contributed by atoms with van der Waals surface area (Å²) in [6.07, 6.45) is 1.32. The minimum absolute atomic E-state index is 0.169. The molecule has 1 fully saturated rings. The van der Waals surface area contributed by atoms with Crippen molar-refractivity contribution in [1.29, 1.82) is 0 Å². The van der Waals surface area contributed by atoms with Crippen LogP contribution in [0.1, 0.15) is 31.2 Å². The monoisotopic (exact) mass is 296 g/mol. The van der Waals surface area contributed by atoms with E-state index in [0.717, 1.165) is 5.56 Å². The standard InChI is InChI=1S/C14H20N2O3S/c1-10(11-4-2-5-12(15)8-11)14(17)16-9-13-6-3-7-20(13,18)19/h2,4-5,8,10,13H,3,6-7,9,15H2,1H3,(H,16,17). The maximum absolute atomic E-state index is 12.1. The molecule has 2 rings (SSSR count). The first-order valence-electron chi connectivity index (χ1n) is 6.75. The highest BCUT2D eigenvalue weighted by atomic mass is 32.2. The largest absolute Gasteiger partial charge is 0.399 e. The number of carbonyl (C=O) groups is 1. The van der Waals surface area contributed by atoms with E-state index in [-0.39, 0.29) is 24.1 Å². The molecule has 0 aromatic heterocycles. The third kappa shape index (κ3) is 3.30. The lowest BCUT2D eigenvalue weighted by molar-refractivity contribution is -0.122. The SMILES string of the molecule is CC(C(=O)NCC1CCCS1(=O)=O)c1cccc(N)c1. The first-order chi connectivity index (χ1) is 9.40. The molecule has 0 saturated carbocycles. The second-order valence-electron chi connectivity index (χ2n) is 5.27. The highest BCUT2D eigenvalue weighted by Crippen LogP contribution is 2.20. The number of nitrogens with one attached hydrogen (secondary N) is 1. The number of rotatable bonds is 4. The van der Waals surface area contributed by atoms with Crippen LogP contribution in [0, 0.1) is 0 Å². The van der Waals surface area contributed by atoms with Crippen molar-refractivity contribution in [2.45, 2.75) is 30.9 Å². The number of hydrogen-bond acceptors (Lipinski definition) is 4. The Kier molecular flexibility index (Phi) is 4.32. The van der Waals surface area contributed by atoms with Gasteiger partial charge in [0, 0.05) is 12.2 Å². The summed E-state index contributed by atoms with van der Waals surface area (Å²) in [7, 11) is -3.01. The summed E-state index contributed by atoms with van der Waals surface area (Å²) < 4.78 is 23.4. The molecule has 2 atom stereocenters. The summed E-state index contributed by atoms with van der Waals surface area (Å²) in [5, 5.41) is 2.31. The molecule has 1 aromatic carbocycles. The fourth-order valence-electron chi connectivity index (χ4n) is 2.43. The van der Waals surface area contributed by atoms with Gasteiger partial charge in [-0.05, 0) is 37.5 Å². The number of nitrogens with two attached hydrogens (primary N) is 1. The second kappa shape index (κ2) is 5.83. The van der Waals surface area contributed by atoms with Gasteiger partial charge >= 0.3 is 0 Å². The van der Waals surface area contributed by atoms with Gasteiger partial charge in [-0.25, -0.2) is 8.42 Å². The van der Waals surface area contributed by atoms with E-state index in [2.05, 4.69) is 5.32 Å². The second-order valence-corrected chi connectivity index (χ2v) is 7.67. The number of hydrogen-bond donors (Lipinski definition) is 2. The lowest BCUT2D eigenvalue weighted by Crippen LogP contribution is -2.36. The Labute approximate surface area is 119 Å². The molecule has 1 aliphatic rings. The van der Waals surface area contributed by atoms with Gasteiger partial charge in [0.15, 0.2) is 9.84 Å². The van der Waals surface area contributed by atoms with E-state index >= 15 is 0 Å². The topological polar surface area (TPSA) is 89.3 Å². The summed E-state index contributed by atoms with van der Waals surface area (Å²) >= 11 is 0. The lowest BCUT2D eigenvalue weighted by Gasteiger charge is -2.15. The quantitative estimate of drug-likeness (QED) is 0.813. The molecular weight excluding hydrogens is 276 g/mol. The third-order valence-electron chi connectivity index (χ3n) is 3.77. The van der Waals surface area contributed by atoms with Crippen molar-refractivity contribution in [2.75, 3.05) is 18.0 Å². The Hall–Kier alpha value is -1.56. The molecule has 1 aromatic rings. The summed E-state index contributed by atoms with van der Waals surface area (Å²) in [6, 6.07) is 7.17. The minimum atomic E-state index is -3.01. The number of anilines is 1. The van der Waals surface area contributed by atoms with Crippen LogP contribution in [0.25, 0.3) is 0 Å². The molecule has 1 aliphatic heterocycles. The number of carbonyl (C=O) groups excluding carboxylic acids is 1. The van der Waals surface area contributed by atoms with E-state index in [1.54, 1.807) is 25.1 Å². The predicted molar refractivity (Wildman–Crippen MR) is 79.1 cm³/mol. The van der Waals surface area contributed by atoms with Crippen molar-refractivity contribution >= 4 is 21.4 Å². The van der Waals surface area contributed by atoms with Gasteiger partial charge in [-0.1, -0.05) is 12.1 Å². The average Bonchev–Trinajstić information content (AvgIpc) is 2.74. The van der Waals surface area contributed by atoms with Crippen LogP contribution < -0.4 is 11.1 Å². The van der Waals surface area contributed by atoms with Crippen LogP contribution in [0.5, 0.6) is 0 Å². The van der Waals surface area contributed by atoms with Crippen LogP contribution in [0.4, 0.5) is 5.69 Å². The minimum Gasteiger partial charge on any atom is -0.399 e. The Bertz CT molecular complexity index is 598. The van der Waals surface area contributed by atoms with Crippen molar-refractivity contribution in [2.24, 2.45) is 0 Å². The van der Waals surface area contributed by atoms with E-state index in [1.165, 1.54) is 0 Å². The smallest absolute Gasteiger partial charge is 0.227 e. The van der Waals surface area contributed by atoms with Crippen molar-refractivity contribution < 1.29 is 13.2 Å². The number of sulfone groups is 1. The summed E-state index contributed by atoms with van der Waals surface area (Å²) in [4.78, 5) is 12.1. The van der Waals surface area contributed by atoms with Crippen molar-refractivity contribution in [3.8, 4) is 0 Å². The number of amides is 1. The molecule has 1 saturated heterocycles. The Morgan fingerprint density at radius 2 is 2.25 bits per heavy atom. The molecule has 1 amide bonds. The predicted octanol–water partition coefficient (Wildman–Crippen LogP) is 1.07. The molecule has 6 heteroatoms. The highest BCUT2D eigenvalue weighted by Gasteiger charge is 2.31. The molecule has 0 radical (unpaired) electrons. The van der Waals surface area contributed by atoms with Gasteiger partial charge in [-0.3, -0.25) is 4.79 Å². The molecule has 0 bridgehead atoms. The van der Waals surface area contributed by atoms with E-state index in [1.807, 2.05) is 6.07 Å². The van der Waals surface area contributed by atoms with Gasteiger partial charge in [0.05, 0.1) is 16.9 Å². The van der Waals surface area contributed by atoms with Crippen LogP contribution in [0.3, 0.4) is 0 Å². The van der Waals surface area contributed by atoms with Crippen molar-refractivity contribution in [3.63, 3.8) is 0 Å². The Balaban J connectivity index is 1.95. The lowest BCUT2D eigenvalue weighted by atomic mass is 10.00.